The molecule has 0 saturated carbocycles. The van der Waals surface area contributed by atoms with Gasteiger partial charge in [0.15, 0.2) is 0 Å². The van der Waals surface area contributed by atoms with Gasteiger partial charge in [-0.3, -0.25) is 4.79 Å². The van der Waals surface area contributed by atoms with Crippen LogP contribution in [0.2, 0.25) is 0 Å². The molecule has 1 amide bonds. The van der Waals surface area contributed by atoms with Crippen molar-refractivity contribution in [3.63, 3.8) is 0 Å². The molecule has 3 N–H and O–H groups in total. The maximum atomic E-state index is 12.0. The highest BCUT2D eigenvalue weighted by Gasteiger charge is 2.30. The molecule has 114 valence electrons. The Morgan fingerprint density at radius 3 is 2.86 bits per heavy atom. The molecule has 1 aromatic carbocycles. The van der Waals surface area contributed by atoms with E-state index in [0.29, 0.717) is 0 Å². The van der Waals surface area contributed by atoms with Crippen LogP contribution in [-0.4, -0.2) is 36.8 Å². The van der Waals surface area contributed by atoms with Crippen molar-refractivity contribution in [3.8, 4) is 0 Å². The molecule has 2 aliphatic rings. The van der Waals surface area contributed by atoms with E-state index in [1.807, 2.05) is 6.07 Å². The Kier molecular flexibility index (Phi) is 4.12. The van der Waals surface area contributed by atoms with Crippen molar-refractivity contribution in [3.05, 3.63) is 23.8 Å². The first kappa shape index (κ1) is 14.4. The van der Waals surface area contributed by atoms with Gasteiger partial charge in [0.1, 0.15) is 6.04 Å². The number of aliphatic hydroxyl groups excluding tert-OH is 1. The summed E-state index contributed by atoms with van der Waals surface area (Å²) in [6.07, 6.45) is 2.46. The summed E-state index contributed by atoms with van der Waals surface area (Å²) in [7, 11) is 0. The summed E-state index contributed by atoms with van der Waals surface area (Å²) in [6.45, 7) is 4.66. The molecule has 3 rings (SSSR count). The van der Waals surface area contributed by atoms with Gasteiger partial charge in [-0.2, -0.15) is 0 Å². The first-order valence-electron chi connectivity index (χ1n) is 7.80. The molecule has 2 heterocycles. The lowest BCUT2D eigenvalue weighted by molar-refractivity contribution is -0.117. The summed E-state index contributed by atoms with van der Waals surface area (Å²) in [6, 6.07) is 5.95. The van der Waals surface area contributed by atoms with E-state index in [1.165, 1.54) is 0 Å². The summed E-state index contributed by atoms with van der Waals surface area (Å²) in [5.41, 5.74) is 3.07. The molecule has 0 spiro atoms. The first-order chi connectivity index (χ1) is 10.2. The third-order valence-electron chi connectivity index (χ3n) is 4.30. The highest BCUT2D eigenvalue weighted by molar-refractivity contribution is 6.03. The Bertz CT molecular complexity index is 524. The van der Waals surface area contributed by atoms with Crippen molar-refractivity contribution >= 4 is 17.3 Å². The maximum absolute atomic E-state index is 12.0. The molecule has 0 radical (unpaired) electrons. The van der Waals surface area contributed by atoms with Crippen LogP contribution in [0.25, 0.3) is 0 Å². The van der Waals surface area contributed by atoms with E-state index in [0.717, 1.165) is 55.8 Å². The Morgan fingerprint density at radius 1 is 1.38 bits per heavy atom. The number of rotatable bonds is 4. The number of benzene rings is 1. The fourth-order valence-corrected chi connectivity index (χ4v) is 3.06. The third kappa shape index (κ3) is 2.89. The van der Waals surface area contributed by atoms with Gasteiger partial charge < -0.3 is 20.6 Å². The van der Waals surface area contributed by atoms with Gasteiger partial charge in [0, 0.05) is 30.0 Å². The SMILES string of the molecule is CCCNC1C(=O)Nc2cc(N3CCC(O)CC3)ccc21. The van der Waals surface area contributed by atoms with E-state index >= 15 is 0 Å². The predicted octanol–water partition coefficient (Wildman–Crippen LogP) is 1.64. The predicted molar refractivity (Wildman–Crippen MR) is 83.6 cm³/mol. The van der Waals surface area contributed by atoms with Crippen LogP contribution in [0.3, 0.4) is 0 Å². The van der Waals surface area contributed by atoms with E-state index in [9.17, 15) is 9.90 Å². The minimum absolute atomic E-state index is 0.0321. The summed E-state index contributed by atoms with van der Waals surface area (Å²) >= 11 is 0. The van der Waals surface area contributed by atoms with Gasteiger partial charge in [0.05, 0.1) is 6.10 Å². The van der Waals surface area contributed by atoms with Gasteiger partial charge in [-0.25, -0.2) is 0 Å². The van der Waals surface area contributed by atoms with E-state index in [4.69, 9.17) is 0 Å². The van der Waals surface area contributed by atoms with E-state index in [1.54, 1.807) is 0 Å². The molecule has 1 fully saturated rings. The molecule has 5 heteroatoms. The molecule has 5 nitrogen and oxygen atoms in total. The van der Waals surface area contributed by atoms with Crippen molar-refractivity contribution in [2.75, 3.05) is 29.9 Å². The summed E-state index contributed by atoms with van der Waals surface area (Å²) in [5, 5.41) is 15.8. The maximum Gasteiger partial charge on any atom is 0.246 e. The minimum atomic E-state index is -0.225. The van der Waals surface area contributed by atoms with Crippen LogP contribution in [-0.2, 0) is 4.79 Å². The second-order valence-corrected chi connectivity index (χ2v) is 5.87. The van der Waals surface area contributed by atoms with Crippen LogP contribution in [0, 0.1) is 0 Å². The van der Waals surface area contributed by atoms with Crippen molar-refractivity contribution in [1.82, 2.24) is 5.32 Å². The number of aliphatic hydroxyl groups is 1. The van der Waals surface area contributed by atoms with Crippen LogP contribution >= 0.6 is 0 Å². The number of nitrogens with one attached hydrogen (secondary N) is 2. The molecule has 0 aromatic heterocycles. The molecule has 1 atom stereocenters. The Morgan fingerprint density at radius 2 is 2.14 bits per heavy atom. The van der Waals surface area contributed by atoms with Gasteiger partial charge in [-0.05, 0) is 37.9 Å². The van der Waals surface area contributed by atoms with Crippen LogP contribution in [0.5, 0.6) is 0 Å². The number of anilines is 2. The molecule has 1 unspecified atom stereocenters. The molecule has 1 aromatic rings. The Hall–Kier alpha value is -1.59. The number of carbonyl (C=O) groups is 1. The molecule has 1 saturated heterocycles. The second kappa shape index (κ2) is 6.03. The zero-order valence-electron chi connectivity index (χ0n) is 12.4. The monoisotopic (exact) mass is 289 g/mol. The van der Waals surface area contributed by atoms with Gasteiger partial charge in [-0.15, -0.1) is 0 Å². The number of nitrogens with zero attached hydrogens (tertiary/aromatic N) is 1. The molecular weight excluding hydrogens is 266 g/mol. The summed E-state index contributed by atoms with van der Waals surface area (Å²) < 4.78 is 0. The standard InChI is InChI=1S/C16H23N3O2/c1-2-7-17-15-13-4-3-11(10-14(13)18-16(15)21)19-8-5-12(20)6-9-19/h3-4,10,12,15,17,20H,2,5-9H2,1H3,(H,18,21). The van der Waals surface area contributed by atoms with Gasteiger partial charge in [0.2, 0.25) is 5.91 Å². The fourth-order valence-electron chi connectivity index (χ4n) is 3.06. The smallest absolute Gasteiger partial charge is 0.246 e. The lowest BCUT2D eigenvalue weighted by atomic mass is 10.0. The number of hydrogen-bond acceptors (Lipinski definition) is 4. The fraction of sp³-hybridized carbons (Fsp3) is 0.562. The highest BCUT2D eigenvalue weighted by Crippen LogP contribution is 2.34. The molecule has 0 aliphatic carbocycles. The van der Waals surface area contributed by atoms with E-state index in [2.05, 4.69) is 34.6 Å². The van der Waals surface area contributed by atoms with Crippen molar-refractivity contribution in [2.45, 2.75) is 38.3 Å². The second-order valence-electron chi connectivity index (χ2n) is 5.87. The quantitative estimate of drug-likeness (QED) is 0.788. The van der Waals surface area contributed by atoms with E-state index in [-0.39, 0.29) is 18.1 Å². The first-order valence-corrected chi connectivity index (χ1v) is 7.80. The minimum Gasteiger partial charge on any atom is -0.393 e. The molecular formula is C16H23N3O2. The number of carbonyl (C=O) groups excluding carboxylic acids is 1. The highest BCUT2D eigenvalue weighted by atomic mass is 16.3. The van der Waals surface area contributed by atoms with Crippen LogP contribution in [0.4, 0.5) is 11.4 Å². The van der Waals surface area contributed by atoms with Crippen LogP contribution in [0.15, 0.2) is 18.2 Å². The number of piperidine rings is 1. The normalized spacial score (nSPS) is 22.3. The lowest BCUT2D eigenvalue weighted by Gasteiger charge is -2.31. The summed E-state index contributed by atoms with van der Waals surface area (Å²) in [4.78, 5) is 14.3. The van der Waals surface area contributed by atoms with E-state index < -0.39 is 0 Å². The third-order valence-corrected chi connectivity index (χ3v) is 4.30. The van der Waals surface area contributed by atoms with Gasteiger partial charge in [0.25, 0.3) is 0 Å². The summed E-state index contributed by atoms with van der Waals surface area (Å²) in [5.74, 6) is 0.0321. The van der Waals surface area contributed by atoms with Crippen LogP contribution in [0.1, 0.15) is 37.8 Å². The Balaban J connectivity index is 1.77. The van der Waals surface area contributed by atoms with Crippen LogP contribution < -0.4 is 15.5 Å². The zero-order chi connectivity index (χ0) is 14.8. The zero-order valence-corrected chi connectivity index (χ0v) is 12.4. The van der Waals surface area contributed by atoms with Gasteiger partial charge >= 0.3 is 0 Å². The molecule has 2 aliphatic heterocycles. The largest absolute Gasteiger partial charge is 0.393 e. The average molecular weight is 289 g/mol. The number of amides is 1. The van der Waals surface area contributed by atoms with Crippen molar-refractivity contribution < 1.29 is 9.90 Å². The van der Waals surface area contributed by atoms with Crippen molar-refractivity contribution in [2.24, 2.45) is 0 Å². The number of fused-ring (bicyclic) bond motifs is 1. The lowest BCUT2D eigenvalue weighted by Crippen LogP contribution is -2.35. The average Bonchev–Trinajstić information content (AvgIpc) is 2.80. The number of hydrogen-bond donors (Lipinski definition) is 3. The topological polar surface area (TPSA) is 64.6 Å². The Labute approximate surface area is 125 Å². The molecule has 21 heavy (non-hydrogen) atoms. The van der Waals surface area contributed by atoms with Crippen molar-refractivity contribution in [1.29, 1.82) is 0 Å². The van der Waals surface area contributed by atoms with Gasteiger partial charge in [-0.1, -0.05) is 13.0 Å². The molecule has 0 bridgehead atoms.